The third kappa shape index (κ3) is 7.82. The second-order valence-electron chi connectivity index (χ2n) is 1.67. The summed E-state index contributed by atoms with van der Waals surface area (Å²) in [6.07, 6.45) is -0.842. The summed E-state index contributed by atoms with van der Waals surface area (Å²) in [5.41, 5.74) is 0. The molecule has 3 heteroatoms. The number of halogens is 2. The van der Waals surface area contributed by atoms with Crippen LogP contribution in [0.3, 0.4) is 0 Å². The van der Waals surface area contributed by atoms with Gasteiger partial charge in [0.15, 0.2) is 0 Å². The summed E-state index contributed by atoms with van der Waals surface area (Å²) >= 11 is 0. The first kappa shape index (κ1) is 8.82. The van der Waals surface area contributed by atoms with Gasteiger partial charge in [-0.1, -0.05) is 13.3 Å². The average Bonchev–Trinajstić information content (AvgIpc) is 1.80. The summed E-state index contributed by atoms with van der Waals surface area (Å²) in [6.45, 7) is 3.49. The van der Waals surface area contributed by atoms with Crippen LogP contribution in [0, 0.1) is 6.92 Å². The second kappa shape index (κ2) is 5.95. The van der Waals surface area contributed by atoms with Gasteiger partial charge in [-0.3, -0.25) is 0 Å². The van der Waals surface area contributed by atoms with Gasteiger partial charge in [-0.05, 0) is 6.42 Å². The Balaban J connectivity index is 2.75. The van der Waals surface area contributed by atoms with Gasteiger partial charge in [0, 0.05) is 6.61 Å². The number of alkyl halides is 2. The molecule has 0 N–H and O–H groups in total. The first-order valence-corrected chi connectivity index (χ1v) is 2.92. The number of hydrogen-bond acceptors (Lipinski definition) is 1. The predicted molar refractivity (Wildman–Crippen MR) is 31.4 cm³/mol. The Hall–Kier alpha value is -0.180. The number of unbranched alkanes of at least 4 members (excludes halogenated alkanes) is 1. The molecule has 0 aliphatic carbocycles. The molecule has 0 aliphatic rings. The zero-order chi connectivity index (χ0) is 7.11. The minimum atomic E-state index is -2.34. The third-order valence-electron chi connectivity index (χ3n) is 0.783. The van der Waals surface area contributed by atoms with Crippen molar-refractivity contribution in [2.24, 2.45) is 0 Å². The average molecular weight is 137 g/mol. The van der Waals surface area contributed by atoms with Crippen LogP contribution in [0.1, 0.15) is 12.8 Å². The highest BCUT2D eigenvalue weighted by atomic mass is 19.3. The smallest absolute Gasteiger partial charge is 0.261 e. The molecule has 0 heterocycles. The van der Waals surface area contributed by atoms with Crippen LogP contribution in [0.15, 0.2) is 0 Å². The Kier molecular flexibility index (Phi) is 5.83. The van der Waals surface area contributed by atoms with Crippen LogP contribution in [0.5, 0.6) is 0 Å². The zero-order valence-electron chi connectivity index (χ0n) is 5.28. The van der Waals surface area contributed by atoms with Crippen LogP contribution >= 0.6 is 0 Å². The molecule has 0 saturated heterocycles. The minimum absolute atomic E-state index is 0.397. The van der Waals surface area contributed by atoms with E-state index in [0.29, 0.717) is 6.61 Å². The number of ether oxygens (including phenoxy) is 1. The van der Waals surface area contributed by atoms with Gasteiger partial charge < -0.3 is 4.74 Å². The lowest BCUT2D eigenvalue weighted by atomic mass is 10.4. The van der Waals surface area contributed by atoms with Gasteiger partial charge in [-0.25, -0.2) is 8.78 Å². The standard InChI is InChI=1S/C6H11F2O/c1-2-3-4-9-5-6(7)8/h6H,1-5H2. The summed E-state index contributed by atoms with van der Waals surface area (Å²) < 4.78 is 27.2. The maximum absolute atomic E-state index is 11.3. The van der Waals surface area contributed by atoms with Gasteiger partial charge >= 0.3 is 0 Å². The zero-order valence-corrected chi connectivity index (χ0v) is 5.28. The fraction of sp³-hybridized carbons (Fsp3) is 0.833. The number of rotatable bonds is 5. The first-order valence-electron chi connectivity index (χ1n) is 2.92. The van der Waals surface area contributed by atoms with Crippen LogP contribution < -0.4 is 0 Å². The molecule has 0 fully saturated rings. The molecule has 0 atom stereocenters. The van der Waals surface area contributed by atoms with Crippen molar-refractivity contribution in [2.75, 3.05) is 13.2 Å². The molecule has 0 unspecified atom stereocenters. The fourth-order valence-electron chi connectivity index (χ4n) is 0.377. The lowest BCUT2D eigenvalue weighted by Crippen LogP contribution is -2.04. The van der Waals surface area contributed by atoms with Crippen LogP contribution in [-0.4, -0.2) is 19.6 Å². The van der Waals surface area contributed by atoms with Crippen LogP contribution in [0.4, 0.5) is 8.78 Å². The molecule has 0 rings (SSSR count). The maximum Gasteiger partial charge on any atom is 0.261 e. The van der Waals surface area contributed by atoms with E-state index in [-0.39, 0.29) is 0 Å². The molecule has 1 nitrogen and oxygen atoms in total. The van der Waals surface area contributed by atoms with E-state index in [4.69, 9.17) is 0 Å². The molecule has 55 valence electrons. The molecule has 0 bridgehead atoms. The largest absolute Gasteiger partial charge is 0.376 e. The molecule has 0 saturated carbocycles. The maximum atomic E-state index is 11.3. The SMILES string of the molecule is [CH2]CCCOCC(F)F. The van der Waals surface area contributed by atoms with Crippen LogP contribution in [-0.2, 0) is 4.74 Å². The van der Waals surface area contributed by atoms with E-state index in [1.165, 1.54) is 0 Å². The van der Waals surface area contributed by atoms with Crippen LogP contribution in [0.25, 0.3) is 0 Å². The molecule has 0 aliphatic heterocycles. The van der Waals surface area contributed by atoms with Gasteiger partial charge in [-0.15, -0.1) is 0 Å². The normalized spacial score (nSPS) is 10.7. The van der Waals surface area contributed by atoms with Crippen molar-refractivity contribution in [3.05, 3.63) is 6.92 Å². The molecule has 1 radical (unpaired) electrons. The summed E-state index contributed by atoms with van der Waals surface area (Å²) in [5, 5.41) is 0. The molecule has 0 aromatic rings. The topological polar surface area (TPSA) is 9.23 Å². The molecule has 0 spiro atoms. The van der Waals surface area contributed by atoms with E-state index in [1.807, 2.05) is 0 Å². The Bertz CT molecular complexity index is 57.0. The van der Waals surface area contributed by atoms with Crippen molar-refractivity contribution in [2.45, 2.75) is 19.3 Å². The van der Waals surface area contributed by atoms with Gasteiger partial charge in [0.2, 0.25) is 0 Å². The fourth-order valence-corrected chi connectivity index (χ4v) is 0.377. The molecule has 0 amide bonds. The highest BCUT2D eigenvalue weighted by Gasteiger charge is 1.99. The van der Waals surface area contributed by atoms with Crippen LogP contribution in [0.2, 0.25) is 0 Å². The summed E-state index contributed by atoms with van der Waals surface area (Å²) in [7, 11) is 0. The highest BCUT2D eigenvalue weighted by molar-refractivity contribution is 4.40. The van der Waals surface area contributed by atoms with E-state index in [1.54, 1.807) is 0 Å². The minimum Gasteiger partial charge on any atom is -0.376 e. The second-order valence-corrected chi connectivity index (χ2v) is 1.67. The Labute approximate surface area is 54.0 Å². The van der Waals surface area contributed by atoms with Gasteiger partial charge in [0.1, 0.15) is 6.61 Å². The van der Waals surface area contributed by atoms with Crippen molar-refractivity contribution in [1.82, 2.24) is 0 Å². The Morgan fingerprint density at radius 1 is 1.44 bits per heavy atom. The van der Waals surface area contributed by atoms with Gasteiger partial charge in [-0.2, -0.15) is 0 Å². The molecule has 0 aromatic carbocycles. The summed E-state index contributed by atoms with van der Waals surface area (Å²) in [6, 6.07) is 0. The van der Waals surface area contributed by atoms with Crippen molar-refractivity contribution in [3.8, 4) is 0 Å². The molecular weight excluding hydrogens is 126 g/mol. The van der Waals surface area contributed by atoms with Crippen molar-refractivity contribution in [3.63, 3.8) is 0 Å². The predicted octanol–water partition coefficient (Wildman–Crippen LogP) is 1.88. The third-order valence-corrected chi connectivity index (χ3v) is 0.783. The van der Waals surface area contributed by atoms with Crippen molar-refractivity contribution in [1.29, 1.82) is 0 Å². The van der Waals surface area contributed by atoms with Gasteiger partial charge in [0.05, 0.1) is 0 Å². The molecule has 9 heavy (non-hydrogen) atoms. The molecule has 0 aromatic heterocycles. The summed E-state index contributed by atoms with van der Waals surface area (Å²) in [4.78, 5) is 0. The van der Waals surface area contributed by atoms with E-state index < -0.39 is 13.0 Å². The first-order chi connectivity index (χ1) is 4.27. The van der Waals surface area contributed by atoms with Crippen molar-refractivity contribution >= 4 is 0 Å². The Morgan fingerprint density at radius 3 is 2.56 bits per heavy atom. The Morgan fingerprint density at radius 2 is 2.11 bits per heavy atom. The lowest BCUT2D eigenvalue weighted by molar-refractivity contribution is 0.0169. The number of hydrogen-bond donors (Lipinski definition) is 0. The monoisotopic (exact) mass is 137 g/mol. The molecular formula is C6H11F2O. The van der Waals surface area contributed by atoms with E-state index in [0.717, 1.165) is 12.8 Å². The van der Waals surface area contributed by atoms with E-state index >= 15 is 0 Å². The van der Waals surface area contributed by atoms with E-state index in [2.05, 4.69) is 11.7 Å². The van der Waals surface area contributed by atoms with Crippen molar-refractivity contribution < 1.29 is 13.5 Å². The van der Waals surface area contributed by atoms with Gasteiger partial charge in [0.25, 0.3) is 6.43 Å². The lowest BCUT2D eigenvalue weighted by Gasteiger charge is -1.99. The highest BCUT2D eigenvalue weighted by Crippen LogP contribution is 1.94. The van der Waals surface area contributed by atoms with E-state index in [9.17, 15) is 8.78 Å². The quantitative estimate of drug-likeness (QED) is 0.526. The summed E-state index contributed by atoms with van der Waals surface area (Å²) in [5.74, 6) is 0.